The Bertz CT molecular complexity index is 1400. The van der Waals surface area contributed by atoms with E-state index in [4.69, 9.17) is 0 Å². The first kappa shape index (κ1) is 24.2. The number of benzene rings is 3. The fourth-order valence-corrected chi connectivity index (χ4v) is 5.10. The topological polar surface area (TPSA) is 49.6 Å². The molecule has 1 N–H and O–H groups in total. The van der Waals surface area contributed by atoms with Crippen molar-refractivity contribution in [1.29, 1.82) is 0 Å². The summed E-state index contributed by atoms with van der Waals surface area (Å²) in [6.07, 6.45) is 2.79. The van der Waals surface area contributed by atoms with Crippen molar-refractivity contribution in [3.05, 3.63) is 123 Å². The van der Waals surface area contributed by atoms with Crippen molar-refractivity contribution in [2.45, 2.75) is 33.4 Å². The third-order valence-corrected chi connectivity index (χ3v) is 7.29. The molecule has 0 atom stereocenters. The third-order valence-electron chi connectivity index (χ3n) is 6.76. The van der Waals surface area contributed by atoms with Gasteiger partial charge in [0.1, 0.15) is 0 Å². The van der Waals surface area contributed by atoms with Gasteiger partial charge >= 0.3 is 0 Å². The van der Waals surface area contributed by atoms with Gasteiger partial charge in [0.15, 0.2) is 0 Å². The predicted octanol–water partition coefficient (Wildman–Crippen LogP) is 6.18. The zero-order valence-electron chi connectivity index (χ0n) is 20.5. The normalized spacial score (nSPS) is 13.6. The molecule has 6 heteroatoms. The number of carbonyl (C=O) groups excluding carboxylic acids is 1. The summed E-state index contributed by atoms with van der Waals surface area (Å²) in [5.74, 6) is -0.216. The van der Waals surface area contributed by atoms with E-state index in [-0.39, 0.29) is 5.91 Å². The Kier molecular flexibility index (Phi) is 7.16. The van der Waals surface area contributed by atoms with Crippen molar-refractivity contribution >= 4 is 28.1 Å². The lowest BCUT2D eigenvalue weighted by molar-refractivity contribution is 0.0955. The molecule has 0 bridgehead atoms. The number of hydrogen-bond acceptors (Lipinski definition) is 3. The second-order valence-corrected chi connectivity index (χ2v) is 10.2. The number of aromatic nitrogens is 1. The Balaban J connectivity index is 1.19. The second-order valence-electron chi connectivity index (χ2n) is 9.26. The quantitative estimate of drug-likeness (QED) is 0.234. The lowest BCUT2D eigenvalue weighted by Crippen LogP contribution is -2.30. The number of aryl methyl sites for hydroxylation is 1. The summed E-state index contributed by atoms with van der Waals surface area (Å²) in [5.41, 5.74) is 11.6. The zero-order valence-corrected chi connectivity index (χ0v) is 22.1. The number of halogens is 1. The summed E-state index contributed by atoms with van der Waals surface area (Å²) in [6, 6.07) is 26.7. The van der Waals surface area contributed by atoms with Gasteiger partial charge < -0.3 is 4.57 Å². The minimum absolute atomic E-state index is 0.216. The van der Waals surface area contributed by atoms with Gasteiger partial charge in [-0.2, -0.15) is 5.10 Å². The van der Waals surface area contributed by atoms with Gasteiger partial charge in [-0.25, -0.2) is 5.43 Å². The summed E-state index contributed by atoms with van der Waals surface area (Å²) in [7, 11) is 0. The van der Waals surface area contributed by atoms with Crippen molar-refractivity contribution < 1.29 is 4.79 Å². The number of nitrogens with zero attached hydrogens (tertiary/aromatic N) is 3. The summed E-state index contributed by atoms with van der Waals surface area (Å²) < 4.78 is 3.22. The van der Waals surface area contributed by atoms with Gasteiger partial charge in [0.25, 0.3) is 5.91 Å². The highest BCUT2D eigenvalue weighted by atomic mass is 79.9. The molecular formula is C30H29BrN4O. The van der Waals surface area contributed by atoms with Crippen LogP contribution >= 0.6 is 15.9 Å². The fourth-order valence-electron chi connectivity index (χ4n) is 4.84. The maximum Gasteiger partial charge on any atom is 0.271 e. The standard InChI is InChI=1S/C30H29BrN4O/c1-21-17-27(22(2)35(21)29-13-11-28(31)12-14-29)18-32-33-30(36)25-9-7-23(8-10-25)19-34-16-15-24-5-3-4-6-26(24)20-34/h3-14,17-18H,15-16,19-20H2,1-2H3,(H,33,36). The molecule has 182 valence electrons. The minimum atomic E-state index is -0.216. The van der Waals surface area contributed by atoms with Gasteiger partial charge in [-0.15, -0.1) is 0 Å². The maximum absolute atomic E-state index is 12.6. The fraction of sp³-hybridized carbons (Fsp3) is 0.200. The molecule has 0 saturated heterocycles. The highest BCUT2D eigenvalue weighted by molar-refractivity contribution is 9.10. The van der Waals surface area contributed by atoms with Crippen molar-refractivity contribution in [1.82, 2.24) is 14.9 Å². The van der Waals surface area contributed by atoms with E-state index in [1.54, 1.807) is 6.21 Å². The predicted molar refractivity (Wildman–Crippen MR) is 149 cm³/mol. The van der Waals surface area contributed by atoms with Crippen LogP contribution in [0.25, 0.3) is 5.69 Å². The van der Waals surface area contributed by atoms with Crippen LogP contribution in [0.4, 0.5) is 0 Å². The smallest absolute Gasteiger partial charge is 0.271 e. The van der Waals surface area contributed by atoms with E-state index in [1.807, 2.05) is 36.4 Å². The molecule has 4 aromatic rings. The van der Waals surface area contributed by atoms with Crippen LogP contribution in [0.15, 0.2) is 88.4 Å². The molecule has 1 aromatic heterocycles. The largest absolute Gasteiger partial charge is 0.318 e. The molecule has 0 radical (unpaired) electrons. The van der Waals surface area contributed by atoms with E-state index in [9.17, 15) is 4.79 Å². The molecule has 36 heavy (non-hydrogen) atoms. The first-order valence-electron chi connectivity index (χ1n) is 12.1. The van der Waals surface area contributed by atoms with Gasteiger partial charge in [-0.3, -0.25) is 9.69 Å². The average Bonchev–Trinajstić information content (AvgIpc) is 3.17. The zero-order chi connectivity index (χ0) is 25.1. The van der Waals surface area contributed by atoms with Gasteiger partial charge in [0.05, 0.1) is 6.21 Å². The van der Waals surface area contributed by atoms with E-state index in [0.29, 0.717) is 5.56 Å². The van der Waals surface area contributed by atoms with Crippen molar-refractivity contribution in [3.63, 3.8) is 0 Å². The Morgan fingerprint density at radius 1 is 1.00 bits per heavy atom. The van der Waals surface area contributed by atoms with Crippen LogP contribution in [-0.2, 0) is 19.5 Å². The molecule has 0 unspecified atom stereocenters. The molecule has 5 rings (SSSR count). The van der Waals surface area contributed by atoms with Crippen molar-refractivity contribution in [2.24, 2.45) is 5.10 Å². The van der Waals surface area contributed by atoms with Crippen molar-refractivity contribution in [2.75, 3.05) is 6.54 Å². The number of rotatable bonds is 6. The van der Waals surface area contributed by atoms with Crippen molar-refractivity contribution in [3.8, 4) is 5.69 Å². The van der Waals surface area contributed by atoms with Gasteiger partial charge in [0, 0.05) is 52.3 Å². The summed E-state index contributed by atoms with van der Waals surface area (Å²) in [6.45, 7) is 7.02. The molecule has 1 amide bonds. The second kappa shape index (κ2) is 10.6. The minimum Gasteiger partial charge on any atom is -0.318 e. The molecule has 3 aromatic carbocycles. The lowest BCUT2D eigenvalue weighted by Gasteiger charge is -2.28. The summed E-state index contributed by atoms with van der Waals surface area (Å²) in [4.78, 5) is 15.1. The average molecular weight is 541 g/mol. The number of carbonyl (C=O) groups is 1. The highest BCUT2D eigenvalue weighted by Crippen LogP contribution is 2.22. The van der Waals surface area contributed by atoms with E-state index in [1.165, 1.54) is 16.7 Å². The Hall–Kier alpha value is -3.48. The van der Waals surface area contributed by atoms with Gasteiger partial charge in [0.2, 0.25) is 0 Å². The third kappa shape index (κ3) is 5.35. The number of hydrogen-bond donors (Lipinski definition) is 1. The summed E-state index contributed by atoms with van der Waals surface area (Å²) in [5, 5.41) is 4.22. The van der Waals surface area contributed by atoms with E-state index >= 15 is 0 Å². The summed E-state index contributed by atoms with van der Waals surface area (Å²) >= 11 is 3.49. The van der Waals surface area contributed by atoms with Crippen LogP contribution in [0.2, 0.25) is 0 Å². The number of fused-ring (bicyclic) bond motifs is 1. The molecule has 1 aliphatic rings. The highest BCUT2D eigenvalue weighted by Gasteiger charge is 2.16. The monoisotopic (exact) mass is 540 g/mol. The van der Waals surface area contributed by atoms with Crippen LogP contribution < -0.4 is 5.43 Å². The van der Waals surface area contributed by atoms with Crippen LogP contribution in [0.1, 0.15) is 44.0 Å². The van der Waals surface area contributed by atoms with Crippen LogP contribution in [0.3, 0.4) is 0 Å². The molecule has 0 saturated carbocycles. The SMILES string of the molecule is Cc1cc(C=NNC(=O)c2ccc(CN3CCc4ccccc4C3)cc2)c(C)n1-c1ccc(Br)cc1. The Labute approximate surface area is 220 Å². The Morgan fingerprint density at radius 3 is 2.47 bits per heavy atom. The molecule has 5 nitrogen and oxygen atoms in total. The Morgan fingerprint density at radius 2 is 1.72 bits per heavy atom. The van der Waals surface area contributed by atoms with Crippen LogP contribution in [-0.4, -0.2) is 28.1 Å². The number of amides is 1. The lowest BCUT2D eigenvalue weighted by atomic mass is 9.99. The van der Waals surface area contributed by atoms with E-state index < -0.39 is 0 Å². The molecule has 1 aliphatic heterocycles. The van der Waals surface area contributed by atoms with Crippen LogP contribution in [0, 0.1) is 13.8 Å². The number of nitrogens with one attached hydrogen (secondary N) is 1. The van der Waals surface area contributed by atoms with E-state index in [0.717, 1.165) is 53.2 Å². The van der Waals surface area contributed by atoms with Gasteiger partial charge in [-0.05, 0) is 79.4 Å². The molecule has 0 fully saturated rings. The van der Waals surface area contributed by atoms with E-state index in [2.05, 4.69) is 92.2 Å². The maximum atomic E-state index is 12.6. The van der Waals surface area contributed by atoms with Crippen LogP contribution in [0.5, 0.6) is 0 Å². The molecule has 0 aliphatic carbocycles. The van der Waals surface area contributed by atoms with Gasteiger partial charge in [-0.1, -0.05) is 52.3 Å². The number of hydrazone groups is 1. The molecule has 2 heterocycles. The first-order valence-corrected chi connectivity index (χ1v) is 12.9. The first-order chi connectivity index (χ1) is 17.5. The molecule has 0 spiro atoms. The molecular weight excluding hydrogens is 512 g/mol.